The van der Waals surface area contributed by atoms with E-state index in [1.807, 2.05) is 0 Å². The lowest BCUT2D eigenvalue weighted by Crippen LogP contribution is -2.36. The van der Waals surface area contributed by atoms with Gasteiger partial charge in [-0.2, -0.15) is 0 Å². The van der Waals surface area contributed by atoms with E-state index in [-0.39, 0.29) is 5.92 Å². The third-order valence-electron chi connectivity index (χ3n) is 3.19. The molecule has 0 heterocycles. The quantitative estimate of drug-likeness (QED) is 0.621. The molecule has 2 N–H and O–H groups in total. The zero-order chi connectivity index (χ0) is 12.5. The van der Waals surface area contributed by atoms with Gasteiger partial charge in [0.05, 0.1) is 25.7 Å². The summed E-state index contributed by atoms with van der Waals surface area (Å²) in [5.41, 5.74) is 0. The number of hydrogen-bond donors (Lipinski definition) is 2. The van der Waals surface area contributed by atoms with E-state index in [9.17, 15) is 4.79 Å². The highest BCUT2D eigenvalue weighted by molar-refractivity contribution is 5.70. The molecule has 5 heteroatoms. The van der Waals surface area contributed by atoms with Crippen LogP contribution in [0.15, 0.2) is 0 Å². The van der Waals surface area contributed by atoms with Gasteiger partial charge in [-0.1, -0.05) is 0 Å². The van der Waals surface area contributed by atoms with Crippen LogP contribution in [0.25, 0.3) is 0 Å². The van der Waals surface area contributed by atoms with Crippen molar-refractivity contribution in [3.05, 3.63) is 0 Å². The average molecular weight is 245 g/mol. The summed E-state index contributed by atoms with van der Waals surface area (Å²) in [5.74, 6) is -0.780. The van der Waals surface area contributed by atoms with Gasteiger partial charge in [0, 0.05) is 19.7 Å². The maximum atomic E-state index is 10.8. The molecule has 0 atom stereocenters. The number of rotatable bonds is 8. The molecule has 0 amide bonds. The predicted molar refractivity (Wildman–Crippen MR) is 64.1 cm³/mol. The van der Waals surface area contributed by atoms with Crippen molar-refractivity contribution in [2.45, 2.75) is 31.7 Å². The Balaban J connectivity index is 1.97. The Morgan fingerprint density at radius 3 is 2.53 bits per heavy atom. The summed E-state index contributed by atoms with van der Waals surface area (Å²) in [4.78, 5) is 10.8. The maximum absolute atomic E-state index is 10.8. The molecule has 0 aliphatic heterocycles. The van der Waals surface area contributed by atoms with Crippen LogP contribution in [0.2, 0.25) is 0 Å². The minimum absolute atomic E-state index is 0.133. The van der Waals surface area contributed by atoms with Crippen molar-refractivity contribution in [2.24, 2.45) is 5.92 Å². The topological polar surface area (TPSA) is 67.8 Å². The van der Waals surface area contributed by atoms with Gasteiger partial charge in [-0.25, -0.2) is 0 Å². The molecule has 1 aliphatic carbocycles. The SMILES string of the molecule is COCCOCCNC1CCC(C(=O)O)CC1. The standard InChI is InChI=1S/C12H23NO4/c1-16-8-9-17-7-6-13-11-4-2-10(3-5-11)12(14)15/h10-11,13H,2-9H2,1H3,(H,14,15). The van der Waals surface area contributed by atoms with Gasteiger partial charge in [0.1, 0.15) is 0 Å². The van der Waals surface area contributed by atoms with Crippen LogP contribution in [0.3, 0.4) is 0 Å². The number of hydrogen-bond acceptors (Lipinski definition) is 4. The number of carboxylic acid groups (broad SMARTS) is 1. The normalized spacial score (nSPS) is 24.8. The van der Waals surface area contributed by atoms with Crippen LogP contribution in [0.5, 0.6) is 0 Å². The van der Waals surface area contributed by atoms with Crippen molar-refractivity contribution in [3.63, 3.8) is 0 Å². The molecule has 5 nitrogen and oxygen atoms in total. The van der Waals surface area contributed by atoms with Crippen LogP contribution >= 0.6 is 0 Å². The summed E-state index contributed by atoms with van der Waals surface area (Å²) < 4.78 is 10.2. The fraction of sp³-hybridized carbons (Fsp3) is 0.917. The number of ether oxygens (including phenoxy) is 2. The second kappa shape index (κ2) is 8.44. The number of nitrogens with one attached hydrogen (secondary N) is 1. The first-order valence-corrected chi connectivity index (χ1v) is 6.27. The molecule has 0 bridgehead atoms. The number of aliphatic carboxylic acids is 1. The first kappa shape index (κ1) is 14.4. The summed E-state index contributed by atoms with van der Waals surface area (Å²) >= 11 is 0. The van der Waals surface area contributed by atoms with Crippen LogP contribution < -0.4 is 5.32 Å². The lowest BCUT2D eigenvalue weighted by molar-refractivity contribution is -0.142. The smallest absolute Gasteiger partial charge is 0.306 e. The third-order valence-corrected chi connectivity index (χ3v) is 3.19. The molecular formula is C12H23NO4. The van der Waals surface area contributed by atoms with E-state index in [1.54, 1.807) is 7.11 Å². The molecule has 0 radical (unpaired) electrons. The number of carbonyl (C=O) groups is 1. The Morgan fingerprint density at radius 2 is 1.94 bits per heavy atom. The Hall–Kier alpha value is -0.650. The highest BCUT2D eigenvalue weighted by atomic mass is 16.5. The summed E-state index contributed by atoms with van der Waals surface area (Å²) in [6.45, 7) is 2.77. The molecular weight excluding hydrogens is 222 g/mol. The predicted octanol–water partition coefficient (Wildman–Crippen LogP) is 0.882. The Morgan fingerprint density at radius 1 is 1.24 bits per heavy atom. The Kier molecular flexibility index (Phi) is 7.16. The van der Waals surface area contributed by atoms with Gasteiger partial charge in [-0.05, 0) is 25.7 Å². The summed E-state index contributed by atoms with van der Waals surface area (Å²) in [5, 5.41) is 12.3. The minimum Gasteiger partial charge on any atom is -0.481 e. The third kappa shape index (κ3) is 6.00. The van der Waals surface area contributed by atoms with Crippen LogP contribution in [0.4, 0.5) is 0 Å². The van der Waals surface area contributed by atoms with Crippen molar-refractivity contribution >= 4 is 5.97 Å². The second-order valence-corrected chi connectivity index (χ2v) is 4.45. The molecule has 100 valence electrons. The Labute approximate surface area is 102 Å². The number of methoxy groups -OCH3 is 1. The summed E-state index contributed by atoms with van der Waals surface area (Å²) in [6, 6.07) is 0.455. The van der Waals surface area contributed by atoms with Crippen molar-refractivity contribution in [1.29, 1.82) is 0 Å². The molecule has 0 unspecified atom stereocenters. The van der Waals surface area contributed by atoms with Gasteiger partial charge in [0.15, 0.2) is 0 Å². The van der Waals surface area contributed by atoms with E-state index in [2.05, 4.69) is 5.32 Å². The molecule has 0 saturated heterocycles. The van der Waals surface area contributed by atoms with Gasteiger partial charge in [0.25, 0.3) is 0 Å². The van der Waals surface area contributed by atoms with Gasteiger partial charge in [-0.15, -0.1) is 0 Å². The zero-order valence-corrected chi connectivity index (χ0v) is 10.5. The lowest BCUT2D eigenvalue weighted by Gasteiger charge is -2.26. The van der Waals surface area contributed by atoms with Crippen molar-refractivity contribution in [3.8, 4) is 0 Å². The van der Waals surface area contributed by atoms with Crippen LogP contribution in [0.1, 0.15) is 25.7 Å². The van der Waals surface area contributed by atoms with Crippen molar-refractivity contribution < 1.29 is 19.4 Å². The fourth-order valence-corrected chi connectivity index (χ4v) is 2.12. The van der Waals surface area contributed by atoms with Crippen molar-refractivity contribution in [1.82, 2.24) is 5.32 Å². The van der Waals surface area contributed by atoms with Crippen LogP contribution in [0, 0.1) is 5.92 Å². The molecule has 0 aromatic rings. The average Bonchev–Trinajstić information content (AvgIpc) is 2.34. The molecule has 1 saturated carbocycles. The molecule has 0 aromatic heterocycles. The second-order valence-electron chi connectivity index (χ2n) is 4.45. The summed E-state index contributed by atoms with van der Waals surface area (Å²) in [6.07, 6.45) is 3.49. The monoisotopic (exact) mass is 245 g/mol. The van der Waals surface area contributed by atoms with Crippen molar-refractivity contribution in [2.75, 3.05) is 33.5 Å². The Bertz CT molecular complexity index is 215. The van der Waals surface area contributed by atoms with E-state index in [1.165, 1.54) is 0 Å². The van der Waals surface area contributed by atoms with Gasteiger partial charge in [0.2, 0.25) is 0 Å². The highest BCUT2D eigenvalue weighted by Gasteiger charge is 2.25. The van der Waals surface area contributed by atoms with Gasteiger partial charge < -0.3 is 19.9 Å². The zero-order valence-electron chi connectivity index (χ0n) is 10.5. The van der Waals surface area contributed by atoms with E-state index in [4.69, 9.17) is 14.6 Å². The van der Waals surface area contributed by atoms with Gasteiger partial charge >= 0.3 is 5.97 Å². The fourth-order valence-electron chi connectivity index (χ4n) is 2.12. The van der Waals surface area contributed by atoms with Crippen LogP contribution in [-0.4, -0.2) is 50.6 Å². The van der Waals surface area contributed by atoms with E-state index in [0.29, 0.717) is 25.9 Å². The van der Waals surface area contributed by atoms with E-state index < -0.39 is 5.97 Å². The molecule has 1 fully saturated rings. The van der Waals surface area contributed by atoms with E-state index in [0.717, 1.165) is 32.2 Å². The maximum Gasteiger partial charge on any atom is 0.306 e. The van der Waals surface area contributed by atoms with Gasteiger partial charge in [-0.3, -0.25) is 4.79 Å². The molecule has 17 heavy (non-hydrogen) atoms. The largest absolute Gasteiger partial charge is 0.481 e. The molecule has 1 rings (SSSR count). The first-order valence-electron chi connectivity index (χ1n) is 6.27. The lowest BCUT2D eigenvalue weighted by atomic mass is 9.86. The molecule has 0 spiro atoms. The van der Waals surface area contributed by atoms with E-state index >= 15 is 0 Å². The first-order chi connectivity index (χ1) is 8.24. The minimum atomic E-state index is -0.647. The van der Waals surface area contributed by atoms with Crippen LogP contribution in [-0.2, 0) is 14.3 Å². The number of carboxylic acids is 1. The highest BCUT2D eigenvalue weighted by Crippen LogP contribution is 2.24. The molecule has 0 aromatic carbocycles. The summed E-state index contributed by atoms with van der Waals surface area (Å²) in [7, 11) is 1.66. The molecule has 1 aliphatic rings.